The Bertz CT molecular complexity index is 236. The van der Waals surface area contributed by atoms with E-state index < -0.39 is 0 Å². The second-order valence-electron chi connectivity index (χ2n) is 3.49. The molecule has 0 aliphatic carbocycles. The summed E-state index contributed by atoms with van der Waals surface area (Å²) in [6.45, 7) is 9.08. The Labute approximate surface area is 73.5 Å². The SMILES string of the molecule is C=C1COC(C)=C1N1CCCC1. The van der Waals surface area contributed by atoms with E-state index in [2.05, 4.69) is 11.5 Å². The van der Waals surface area contributed by atoms with Crippen LogP contribution in [0.3, 0.4) is 0 Å². The number of hydrogen-bond acceptors (Lipinski definition) is 2. The summed E-state index contributed by atoms with van der Waals surface area (Å²) in [4.78, 5) is 2.39. The summed E-state index contributed by atoms with van der Waals surface area (Å²) in [5.41, 5.74) is 2.42. The predicted molar refractivity (Wildman–Crippen MR) is 48.6 cm³/mol. The summed E-state index contributed by atoms with van der Waals surface area (Å²) in [5, 5.41) is 0. The highest BCUT2D eigenvalue weighted by Gasteiger charge is 2.24. The number of likely N-dealkylation sites (tertiary alicyclic amines) is 1. The van der Waals surface area contributed by atoms with E-state index in [0.29, 0.717) is 6.61 Å². The lowest BCUT2D eigenvalue weighted by molar-refractivity contribution is 0.260. The van der Waals surface area contributed by atoms with Gasteiger partial charge in [0, 0.05) is 18.7 Å². The summed E-state index contributed by atoms with van der Waals surface area (Å²) in [7, 11) is 0. The molecule has 0 aromatic rings. The van der Waals surface area contributed by atoms with Crippen LogP contribution in [0.4, 0.5) is 0 Å². The number of hydrogen-bond donors (Lipinski definition) is 0. The van der Waals surface area contributed by atoms with Crippen LogP contribution in [0.2, 0.25) is 0 Å². The lowest BCUT2D eigenvalue weighted by Gasteiger charge is -2.18. The molecule has 0 radical (unpaired) electrons. The van der Waals surface area contributed by atoms with E-state index in [1.54, 1.807) is 0 Å². The molecule has 12 heavy (non-hydrogen) atoms. The Morgan fingerprint density at radius 2 is 2.00 bits per heavy atom. The first-order valence-corrected chi connectivity index (χ1v) is 4.56. The van der Waals surface area contributed by atoms with E-state index in [-0.39, 0.29) is 0 Å². The van der Waals surface area contributed by atoms with E-state index >= 15 is 0 Å². The molecule has 1 saturated heterocycles. The highest BCUT2D eigenvalue weighted by molar-refractivity contribution is 5.34. The second kappa shape index (κ2) is 2.85. The number of allylic oxidation sites excluding steroid dienone is 1. The fourth-order valence-electron chi connectivity index (χ4n) is 1.97. The van der Waals surface area contributed by atoms with Crippen molar-refractivity contribution in [3.8, 4) is 0 Å². The first-order valence-electron chi connectivity index (χ1n) is 4.56. The predicted octanol–water partition coefficient (Wildman–Crippen LogP) is 1.90. The van der Waals surface area contributed by atoms with Crippen molar-refractivity contribution in [2.24, 2.45) is 0 Å². The van der Waals surface area contributed by atoms with Crippen molar-refractivity contribution in [3.63, 3.8) is 0 Å². The summed E-state index contributed by atoms with van der Waals surface area (Å²) < 4.78 is 5.43. The molecule has 2 heterocycles. The zero-order valence-corrected chi connectivity index (χ0v) is 7.60. The van der Waals surface area contributed by atoms with Gasteiger partial charge in [0.05, 0.1) is 5.70 Å². The topological polar surface area (TPSA) is 12.5 Å². The van der Waals surface area contributed by atoms with Crippen LogP contribution in [0, 0.1) is 0 Å². The quantitative estimate of drug-likeness (QED) is 0.588. The van der Waals surface area contributed by atoms with E-state index in [4.69, 9.17) is 4.74 Å². The molecular weight excluding hydrogens is 150 g/mol. The molecule has 2 aliphatic heterocycles. The average Bonchev–Trinajstić information content (AvgIpc) is 2.61. The maximum absolute atomic E-state index is 5.43. The van der Waals surface area contributed by atoms with E-state index in [0.717, 1.165) is 11.3 Å². The molecule has 0 amide bonds. The summed E-state index contributed by atoms with van der Waals surface area (Å²) in [6.07, 6.45) is 2.62. The fourth-order valence-corrected chi connectivity index (χ4v) is 1.97. The molecule has 0 unspecified atom stereocenters. The van der Waals surface area contributed by atoms with Crippen LogP contribution in [0.5, 0.6) is 0 Å². The highest BCUT2D eigenvalue weighted by Crippen LogP contribution is 2.28. The van der Waals surface area contributed by atoms with Gasteiger partial charge in [0.25, 0.3) is 0 Å². The Morgan fingerprint density at radius 3 is 2.50 bits per heavy atom. The van der Waals surface area contributed by atoms with Gasteiger partial charge < -0.3 is 9.64 Å². The minimum absolute atomic E-state index is 0.692. The Morgan fingerprint density at radius 1 is 1.33 bits per heavy atom. The lowest BCUT2D eigenvalue weighted by atomic mass is 10.2. The third kappa shape index (κ3) is 1.11. The van der Waals surface area contributed by atoms with E-state index in [9.17, 15) is 0 Å². The number of nitrogens with zero attached hydrogens (tertiary/aromatic N) is 1. The van der Waals surface area contributed by atoms with Gasteiger partial charge in [-0.1, -0.05) is 6.58 Å². The number of rotatable bonds is 1. The minimum atomic E-state index is 0.692. The second-order valence-corrected chi connectivity index (χ2v) is 3.49. The Kier molecular flexibility index (Phi) is 1.83. The summed E-state index contributed by atoms with van der Waals surface area (Å²) >= 11 is 0. The van der Waals surface area contributed by atoms with Crippen LogP contribution < -0.4 is 0 Å². The smallest absolute Gasteiger partial charge is 0.117 e. The van der Waals surface area contributed by atoms with Gasteiger partial charge in [0.1, 0.15) is 12.4 Å². The van der Waals surface area contributed by atoms with Crippen LogP contribution >= 0.6 is 0 Å². The molecule has 2 nitrogen and oxygen atoms in total. The van der Waals surface area contributed by atoms with Gasteiger partial charge in [-0.2, -0.15) is 0 Å². The third-order valence-electron chi connectivity index (χ3n) is 2.55. The van der Waals surface area contributed by atoms with Crippen molar-refractivity contribution in [2.45, 2.75) is 19.8 Å². The summed E-state index contributed by atoms with van der Waals surface area (Å²) in [5.74, 6) is 1.06. The molecule has 0 N–H and O–H groups in total. The van der Waals surface area contributed by atoms with Gasteiger partial charge in [-0.25, -0.2) is 0 Å². The maximum Gasteiger partial charge on any atom is 0.117 e. The molecule has 2 rings (SSSR count). The molecule has 1 fully saturated rings. The van der Waals surface area contributed by atoms with Crippen molar-refractivity contribution in [1.82, 2.24) is 4.90 Å². The van der Waals surface area contributed by atoms with Gasteiger partial charge >= 0.3 is 0 Å². The monoisotopic (exact) mass is 165 g/mol. The van der Waals surface area contributed by atoms with Crippen LogP contribution in [0.25, 0.3) is 0 Å². The molecule has 2 heteroatoms. The van der Waals surface area contributed by atoms with Gasteiger partial charge in [-0.3, -0.25) is 0 Å². The van der Waals surface area contributed by atoms with Gasteiger partial charge in [0.2, 0.25) is 0 Å². The zero-order valence-electron chi connectivity index (χ0n) is 7.60. The van der Waals surface area contributed by atoms with Crippen LogP contribution in [0.15, 0.2) is 23.6 Å². The van der Waals surface area contributed by atoms with Gasteiger partial charge in [-0.05, 0) is 19.8 Å². The maximum atomic E-state index is 5.43. The normalized spacial score (nSPS) is 23.8. The minimum Gasteiger partial charge on any atom is -0.491 e. The molecule has 0 aromatic heterocycles. The Hall–Kier alpha value is -0.920. The molecule has 0 aromatic carbocycles. The van der Waals surface area contributed by atoms with E-state index in [1.807, 2.05) is 6.92 Å². The fraction of sp³-hybridized carbons (Fsp3) is 0.600. The molecule has 0 saturated carbocycles. The molecule has 66 valence electrons. The van der Waals surface area contributed by atoms with Gasteiger partial charge in [0.15, 0.2) is 0 Å². The van der Waals surface area contributed by atoms with Crippen molar-refractivity contribution < 1.29 is 4.74 Å². The zero-order chi connectivity index (χ0) is 8.55. The molecular formula is C10H15NO. The van der Waals surface area contributed by atoms with Crippen LogP contribution in [-0.2, 0) is 4.74 Å². The summed E-state index contributed by atoms with van der Waals surface area (Å²) in [6, 6.07) is 0. The highest BCUT2D eigenvalue weighted by atomic mass is 16.5. The molecule has 2 aliphatic rings. The first kappa shape index (κ1) is 7.71. The van der Waals surface area contributed by atoms with Gasteiger partial charge in [-0.15, -0.1) is 0 Å². The van der Waals surface area contributed by atoms with Crippen LogP contribution in [0.1, 0.15) is 19.8 Å². The van der Waals surface area contributed by atoms with Crippen molar-refractivity contribution in [1.29, 1.82) is 0 Å². The van der Waals surface area contributed by atoms with Crippen molar-refractivity contribution in [2.75, 3.05) is 19.7 Å². The molecule has 0 atom stereocenters. The van der Waals surface area contributed by atoms with E-state index in [1.165, 1.54) is 31.6 Å². The largest absolute Gasteiger partial charge is 0.491 e. The van der Waals surface area contributed by atoms with Crippen LogP contribution in [-0.4, -0.2) is 24.6 Å². The first-order chi connectivity index (χ1) is 5.79. The third-order valence-corrected chi connectivity index (χ3v) is 2.55. The standard InChI is InChI=1S/C10H15NO/c1-8-7-12-9(2)10(8)11-5-3-4-6-11/h1,3-7H2,2H3. The number of ether oxygens (including phenoxy) is 1. The average molecular weight is 165 g/mol. The molecule has 0 bridgehead atoms. The van der Waals surface area contributed by atoms with Crippen molar-refractivity contribution >= 4 is 0 Å². The molecule has 0 spiro atoms. The lowest BCUT2D eigenvalue weighted by Crippen LogP contribution is -2.19. The Balaban J connectivity index is 2.19. The van der Waals surface area contributed by atoms with Crippen molar-refractivity contribution in [3.05, 3.63) is 23.6 Å².